The van der Waals surface area contributed by atoms with Crippen LogP contribution in [0, 0.1) is 28.4 Å². The van der Waals surface area contributed by atoms with Gasteiger partial charge in [-0.2, -0.15) is 5.26 Å². The smallest absolute Gasteiger partial charge is 0.269 e. The van der Waals surface area contributed by atoms with E-state index in [0.717, 1.165) is 5.56 Å². The van der Waals surface area contributed by atoms with Gasteiger partial charge in [0.15, 0.2) is 0 Å². The molecule has 1 amide bonds. The molecule has 0 radical (unpaired) electrons. The number of nitro benzene ring substituents is 1. The molecule has 8 heteroatoms. The van der Waals surface area contributed by atoms with Crippen LogP contribution in [0.4, 0.5) is 11.4 Å². The lowest BCUT2D eigenvalue weighted by Gasteiger charge is -2.08. The standard InChI is InChI=1S/C28H21N3O5/c1-19-15-23(31(33)34)9-13-26(19)27-14-12-25(36-27)16-21(17-29)28(32)30-22-7-10-24(11-8-22)35-18-20-5-3-2-4-6-20/h2-16H,18H2,1H3,(H,30,32)/b21-16+. The first kappa shape index (κ1) is 24.0. The second-order valence-electron chi connectivity index (χ2n) is 7.88. The van der Waals surface area contributed by atoms with Crippen molar-refractivity contribution in [3.05, 3.63) is 118 Å². The van der Waals surface area contributed by atoms with Gasteiger partial charge in [-0.3, -0.25) is 14.9 Å². The maximum atomic E-state index is 12.6. The van der Waals surface area contributed by atoms with E-state index < -0.39 is 10.8 Å². The van der Waals surface area contributed by atoms with Gasteiger partial charge in [0.05, 0.1) is 4.92 Å². The molecular weight excluding hydrogens is 458 g/mol. The third kappa shape index (κ3) is 5.85. The highest BCUT2D eigenvalue weighted by molar-refractivity contribution is 6.09. The van der Waals surface area contributed by atoms with Gasteiger partial charge in [0, 0.05) is 29.5 Å². The third-order valence-electron chi connectivity index (χ3n) is 5.33. The Balaban J connectivity index is 1.41. The Morgan fingerprint density at radius 2 is 1.83 bits per heavy atom. The molecule has 0 saturated heterocycles. The van der Waals surface area contributed by atoms with E-state index in [1.54, 1.807) is 49.4 Å². The normalized spacial score (nSPS) is 10.9. The number of furan rings is 1. The first-order valence-corrected chi connectivity index (χ1v) is 11.0. The molecule has 0 saturated carbocycles. The zero-order valence-corrected chi connectivity index (χ0v) is 19.3. The number of aryl methyl sites for hydroxylation is 1. The molecule has 4 rings (SSSR count). The Kier molecular flexibility index (Phi) is 7.22. The molecule has 0 aliphatic heterocycles. The summed E-state index contributed by atoms with van der Waals surface area (Å²) in [6.07, 6.45) is 1.34. The van der Waals surface area contributed by atoms with Crippen LogP contribution in [0.1, 0.15) is 16.9 Å². The number of amides is 1. The third-order valence-corrected chi connectivity index (χ3v) is 5.33. The summed E-state index contributed by atoms with van der Waals surface area (Å²) in [7, 11) is 0. The molecule has 0 spiro atoms. The van der Waals surface area contributed by atoms with E-state index in [1.807, 2.05) is 36.4 Å². The van der Waals surface area contributed by atoms with E-state index in [2.05, 4.69) is 5.32 Å². The van der Waals surface area contributed by atoms with Crippen LogP contribution in [0.15, 0.2) is 94.9 Å². The average molecular weight is 479 g/mol. The van der Waals surface area contributed by atoms with E-state index >= 15 is 0 Å². The molecule has 1 N–H and O–H groups in total. The summed E-state index contributed by atoms with van der Waals surface area (Å²) < 4.78 is 11.5. The molecule has 36 heavy (non-hydrogen) atoms. The minimum absolute atomic E-state index is 0.0119. The highest BCUT2D eigenvalue weighted by atomic mass is 16.6. The fourth-order valence-corrected chi connectivity index (χ4v) is 3.48. The van der Waals surface area contributed by atoms with Gasteiger partial charge in [-0.05, 0) is 60.5 Å². The number of non-ortho nitro benzene ring substituents is 1. The number of nitriles is 1. The van der Waals surface area contributed by atoms with Gasteiger partial charge in [-0.1, -0.05) is 30.3 Å². The number of nitro groups is 1. The van der Waals surface area contributed by atoms with E-state index in [0.29, 0.717) is 40.7 Å². The Labute approximate surface area is 207 Å². The summed E-state index contributed by atoms with van der Waals surface area (Å²) in [6.45, 7) is 2.17. The number of hydrogen-bond acceptors (Lipinski definition) is 6. The molecule has 0 aliphatic carbocycles. The largest absolute Gasteiger partial charge is 0.489 e. The quantitative estimate of drug-likeness (QED) is 0.137. The second kappa shape index (κ2) is 10.8. The molecule has 3 aromatic carbocycles. The van der Waals surface area contributed by atoms with Gasteiger partial charge in [0.25, 0.3) is 11.6 Å². The molecule has 1 aromatic heterocycles. The highest BCUT2D eigenvalue weighted by Crippen LogP contribution is 2.29. The van der Waals surface area contributed by atoms with Gasteiger partial charge in [0.1, 0.15) is 35.5 Å². The molecule has 8 nitrogen and oxygen atoms in total. The van der Waals surface area contributed by atoms with Crippen LogP contribution in [0.5, 0.6) is 5.75 Å². The number of carbonyl (C=O) groups excluding carboxylic acids is 1. The molecule has 0 aliphatic rings. The number of benzene rings is 3. The van der Waals surface area contributed by atoms with Crippen molar-refractivity contribution >= 4 is 23.4 Å². The van der Waals surface area contributed by atoms with E-state index in [-0.39, 0.29) is 11.3 Å². The van der Waals surface area contributed by atoms with E-state index in [4.69, 9.17) is 9.15 Å². The van der Waals surface area contributed by atoms with Crippen LogP contribution in [-0.2, 0) is 11.4 Å². The van der Waals surface area contributed by atoms with Crippen LogP contribution in [-0.4, -0.2) is 10.8 Å². The summed E-state index contributed by atoms with van der Waals surface area (Å²) in [4.78, 5) is 23.1. The van der Waals surface area contributed by atoms with Crippen molar-refractivity contribution in [1.29, 1.82) is 5.26 Å². The van der Waals surface area contributed by atoms with Gasteiger partial charge in [-0.25, -0.2) is 0 Å². The van der Waals surface area contributed by atoms with E-state index in [1.165, 1.54) is 18.2 Å². The van der Waals surface area contributed by atoms with Crippen molar-refractivity contribution < 1.29 is 18.9 Å². The number of rotatable bonds is 8. The Hall–Kier alpha value is -5.16. The number of anilines is 1. The SMILES string of the molecule is Cc1cc([N+](=O)[O-])ccc1-c1ccc(/C=C(\C#N)C(=O)Nc2ccc(OCc3ccccc3)cc2)o1. The minimum atomic E-state index is -0.583. The van der Waals surface area contributed by atoms with Gasteiger partial charge in [-0.15, -0.1) is 0 Å². The van der Waals surface area contributed by atoms with Gasteiger partial charge >= 0.3 is 0 Å². The number of ether oxygens (including phenoxy) is 1. The molecule has 0 unspecified atom stereocenters. The zero-order chi connectivity index (χ0) is 25.5. The van der Waals surface area contributed by atoms with Crippen LogP contribution in [0.2, 0.25) is 0 Å². The second-order valence-corrected chi connectivity index (χ2v) is 7.88. The molecular formula is C28H21N3O5. The Morgan fingerprint density at radius 3 is 2.50 bits per heavy atom. The number of nitrogens with one attached hydrogen (secondary N) is 1. The summed E-state index contributed by atoms with van der Waals surface area (Å²) in [6, 6.07) is 26.3. The van der Waals surface area contributed by atoms with E-state index in [9.17, 15) is 20.2 Å². The summed E-state index contributed by atoms with van der Waals surface area (Å²) in [5.74, 6) is 0.842. The maximum absolute atomic E-state index is 12.6. The van der Waals surface area contributed by atoms with Crippen LogP contribution in [0.3, 0.4) is 0 Å². The van der Waals surface area contributed by atoms with Crippen LogP contribution >= 0.6 is 0 Å². The molecule has 0 bridgehead atoms. The van der Waals surface area contributed by atoms with Crippen LogP contribution < -0.4 is 10.1 Å². The number of hydrogen-bond donors (Lipinski definition) is 1. The van der Waals surface area contributed by atoms with Crippen molar-refractivity contribution in [2.45, 2.75) is 13.5 Å². The Bertz CT molecular complexity index is 1470. The lowest BCUT2D eigenvalue weighted by atomic mass is 10.1. The molecule has 0 atom stereocenters. The first-order chi connectivity index (χ1) is 17.4. The maximum Gasteiger partial charge on any atom is 0.269 e. The average Bonchev–Trinajstić information content (AvgIpc) is 3.35. The zero-order valence-electron chi connectivity index (χ0n) is 19.3. The first-order valence-electron chi connectivity index (χ1n) is 11.0. The lowest BCUT2D eigenvalue weighted by Crippen LogP contribution is -2.13. The highest BCUT2D eigenvalue weighted by Gasteiger charge is 2.14. The lowest BCUT2D eigenvalue weighted by molar-refractivity contribution is -0.384. The van der Waals surface area contributed by atoms with Crippen molar-refractivity contribution in [2.75, 3.05) is 5.32 Å². The monoisotopic (exact) mass is 479 g/mol. The van der Waals surface area contributed by atoms with Crippen molar-refractivity contribution in [3.8, 4) is 23.1 Å². The van der Waals surface area contributed by atoms with Crippen molar-refractivity contribution in [1.82, 2.24) is 0 Å². The topological polar surface area (TPSA) is 118 Å². The van der Waals surface area contributed by atoms with Crippen LogP contribution in [0.25, 0.3) is 17.4 Å². The molecule has 4 aromatic rings. The van der Waals surface area contributed by atoms with Crippen molar-refractivity contribution in [2.24, 2.45) is 0 Å². The summed E-state index contributed by atoms with van der Waals surface area (Å²) >= 11 is 0. The molecule has 178 valence electrons. The van der Waals surface area contributed by atoms with Gasteiger partial charge < -0.3 is 14.5 Å². The predicted molar refractivity (Wildman–Crippen MR) is 135 cm³/mol. The number of carbonyl (C=O) groups is 1. The fraction of sp³-hybridized carbons (Fsp3) is 0.0714. The molecule has 1 heterocycles. The van der Waals surface area contributed by atoms with Gasteiger partial charge in [0.2, 0.25) is 0 Å². The predicted octanol–water partition coefficient (Wildman–Crippen LogP) is 6.29. The minimum Gasteiger partial charge on any atom is -0.489 e. The fourth-order valence-electron chi connectivity index (χ4n) is 3.48. The summed E-state index contributed by atoms with van der Waals surface area (Å²) in [5.41, 5.74) is 2.75. The summed E-state index contributed by atoms with van der Waals surface area (Å²) in [5, 5.41) is 23.1. The van der Waals surface area contributed by atoms with Crippen molar-refractivity contribution in [3.63, 3.8) is 0 Å². The Morgan fingerprint density at radius 1 is 1.08 bits per heavy atom. The molecule has 0 fully saturated rings. The number of nitrogens with zero attached hydrogens (tertiary/aromatic N) is 2.